The Bertz CT molecular complexity index is 860. The average Bonchev–Trinajstić information content (AvgIpc) is 3.18. The van der Waals surface area contributed by atoms with Crippen LogP contribution in [0.25, 0.3) is 10.2 Å². The van der Waals surface area contributed by atoms with Gasteiger partial charge < -0.3 is 9.80 Å². The maximum absolute atomic E-state index is 12.5. The van der Waals surface area contributed by atoms with Crippen molar-refractivity contribution in [2.45, 2.75) is 13.5 Å². The fourth-order valence-electron chi connectivity index (χ4n) is 2.96. The maximum atomic E-state index is 12.5. The Morgan fingerprint density at radius 1 is 1.24 bits per heavy atom. The van der Waals surface area contributed by atoms with Gasteiger partial charge in [-0.05, 0) is 19.1 Å². The number of halogens is 1. The van der Waals surface area contributed by atoms with Gasteiger partial charge in [-0.15, -0.1) is 0 Å². The van der Waals surface area contributed by atoms with E-state index in [9.17, 15) is 4.79 Å². The third-order valence-corrected chi connectivity index (χ3v) is 5.84. The summed E-state index contributed by atoms with van der Waals surface area (Å²) >= 11 is 7.70. The van der Waals surface area contributed by atoms with Crippen LogP contribution in [0, 0.1) is 6.92 Å². The number of rotatable bonds is 3. The Morgan fingerprint density at radius 3 is 2.68 bits per heavy atom. The minimum atomic E-state index is 0.0723. The van der Waals surface area contributed by atoms with Crippen molar-refractivity contribution in [2.24, 2.45) is 0 Å². The number of anilines is 1. The number of thiazole rings is 1. The van der Waals surface area contributed by atoms with E-state index in [1.165, 1.54) is 4.70 Å². The van der Waals surface area contributed by atoms with Gasteiger partial charge in [-0.3, -0.25) is 9.48 Å². The van der Waals surface area contributed by atoms with E-state index < -0.39 is 0 Å². The Morgan fingerprint density at radius 2 is 2.00 bits per heavy atom. The topological polar surface area (TPSA) is 54.3 Å². The van der Waals surface area contributed by atoms with Gasteiger partial charge in [-0.1, -0.05) is 35.1 Å². The molecule has 0 saturated carbocycles. The summed E-state index contributed by atoms with van der Waals surface area (Å²) < 4.78 is 2.81. The van der Waals surface area contributed by atoms with E-state index in [0.717, 1.165) is 29.4 Å². The molecular weight excluding hydrogens is 358 g/mol. The highest BCUT2D eigenvalue weighted by Crippen LogP contribution is 2.29. The number of hydrogen-bond donors (Lipinski definition) is 0. The van der Waals surface area contributed by atoms with E-state index in [0.29, 0.717) is 18.1 Å². The molecule has 2 aromatic heterocycles. The van der Waals surface area contributed by atoms with Crippen LogP contribution in [0.1, 0.15) is 5.69 Å². The molecule has 0 aliphatic carbocycles. The highest BCUT2D eigenvalue weighted by atomic mass is 35.5. The van der Waals surface area contributed by atoms with Gasteiger partial charge in [-0.2, -0.15) is 5.10 Å². The second-order valence-corrected chi connectivity index (χ2v) is 7.51. The zero-order valence-electron chi connectivity index (χ0n) is 13.9. The summed E-state index contributed by atoms with van der Waals surface area (Å²) in [5, 5.41) is 5.87. The standard InChI is InChI=1S/C17H18ClN5OS/c1-12-13(18)10-23(20-12)11-16(24)21-6-8-22(9-7-21)17-19-14-4-2-3-5-15(14)25-17/h2-5,10H,6-9,11H2,1H3. The summed E-state index contributed by atoms with van der Waals surface area (Å²) in [7, 11) is 0. The Labute approximate surface area is 154 Å². The first kappa shape index (κ1) is 16.4. The first-order valence-electron chi connectivity index (χ1n) is 8.18. The lowest BCUT2D eigenvalue weighted by Gasteiger charge is -2.34. The summed E-state index contributed by atoms with van der Waals surface area (Å²) in [5.41, 5.74) is 1.78. The van der Waals surface area contributed by atoms with Crippen LogP contribution in [0.15, 0.2) is 30.5 Å². The van der Waals surface area contributed by atoms with Gasteiger partial charge >= 0.3 is 0 Å². The van der Waals surface area contributed by atoms with Crippen LogP contribution in [0.5, 0.6) is 0 Å². The fourth-order valence-corrected chi connectivity index (χ4v) is 4.12. The van der Waals surface area contributed by atoms with Crippen LogP contribution < -0.4 is 4.90 Å². The molecule has 0 radical (unpaired) electrons. The summed E-state index contributed by atoms with van der Waals surface area (Å²) in [4.78, 5) is 21.3. The van der Waals surface area contributed by atoms with E-state index in [4.69, 9.17) is 16.6 Å². The Balaban J connectivity index is 1.38. The molecule has 4 rings (SSSR count). The van der Waals surface area contributed by atoms with Crippen LogP contribution in [0.4, 0.5) is 5.13 Å². The van der Waals surface area contributed by atoms with E-state index in [1.807, 2.05) is 30.0 Å². The molecule has 1 aliphatic heterocycles. The van der Waals surface area contributed by atoms with Gasteiger partial charge in [0.1, 0.15) is 6.54 Å². The summed E-state index contributed by atoms with van der Waals surface area (Å²) in [6.07, 6.45) is 1.70. The molecule has 0 unspecified atom stereocenters. The molecule has 1 fully saturated rings. The smallest absolute Gasteiger partial charge is 0.244 e. The second kappa shape index (κ2) is 6.65. The first-order chi connectivity index (χ1) is 12.1. The monoisotopic (exact) mass is 375 g/mol. The molecule has 0 bridgehead atoms. The summed E-state index contributed by atoms with van der Waals surface area (Å²) in [6.45, 7) is 5.05. The molecule has 0 N–H and O–H groups in total. The summed E-state index contributed by atoms with van der Waals surface area (Å²) in [6, 6.07) is 8.16. The SMILES string of the molecule is Cc1nn(CC(=O)N2CCN(c3nc4ccccc4s3)CC2)cc1Cl. The van der Waals surface area contributed by atoms with E-state index in [1.54, 1.807) is 22.2 Å². The minimum absolute atomic E-state index is 0.0723. The summed E-state index contributed by atoms with van der Waals surface area (Å²) in [5.74, 6) is 0.0723. The lowest BCUT2D eigenvalue weighted by atomic mass is 10.3. The molecule has 1 aliphatic rings. The lowest BCUT2D eigenvalue weighted by molar-refractivity contribution is -0.132. The first-order valence-corrected chi connectivity index (χ1v) is 9.37. The number of nitrogens with zero attached hydrogens (tertiary/aromatic N) is 5. The molecular formula is C17H18ClN5OS. The van der Waals surface area contributed by atoms with Gasteiger partial charge in [0, 0.05) is 32.4 Å². The van der Waals surface area contributed by atoms with Gasteiger partial charge in [0.05, 0.1) is 20.9 Å². The van der Waals surface area contributed by atoms with E-state index >= 15 is 0 Å². The van der Waals surface area contributed by atoms with Crippen molar-refractivity contribution in [1.29, 1.82) is 0 Å². The molecule has 130 valence electrons. The number of carbonyl (C=O) groups excluding carboxylic acids is 1. The van der Waals surface area contributed by atoms with Gasteiger partial charge in [-0.25, -0.2) is 4.98 Å². The van der Waals surface area contributed by atoms with Crippen molar-refractivity contribution in [3.05, 3.63) is 41.2 Å². The number of hydrogen-bond acceptors (Lipinski definition) is 5. The second-order valence-electron chi connectivity index (χ2n) is 6.09. The third kappa shape index (κ3) is 3.34. The van der Waals surface area contributed by atoms with Gasteiger partial charge in [0.25, 0.3) is 0 Å². The van der Waals surface area contributed by atoms with Crippen LogP contribution in [0.2, 0.25) is 5.02 Å². The van der Waals surface area contributed by atoms with Gasteiger partial charge in [0.2, 0.25) is 5.91 Å². The highest BCUT2D eigenvalue weighted by molar-refractivity contribution is 7.22. The largest absolute Gasteiger partial charge is 0.345 e. The average molecular weight is 376 g/mol. The Hall–Kier alpha value is -2.12. The predicted molar refractivity (Wildman–Crippen MR) is 100 cm³/mol. The van der Waals surface area contributed by atoms with Crippen LogP contribution in [0.3, 0.4) is 0 Å². The van der Waals surface area contributed by atoms with Crippen molar-refractivity contribution >= 4 is 44.2 Å². The number of para-hydroxylation sites is 1. The highest BCUT2D eigenvalue weighted by Gasteiger charge is 2.23. The lowest BCUT2D eigenvalue weighted by Crippen LogP contribution is -2.49. The molecule has 1 saturated heterocycles. The maximum Gasteiger partial charge on any atom is 0.244 e. The molecule has 0 atom stereocenters. The number of piperazine rings is 1. The predicted octanol–water partition coefficient (Wildman–Crippen LogP) is 2.80. The van der Waals surface area contributed by atoms with Crippen LogP contribution in [-0.4, -0.2) is 51.8 Å². The number of amides is 1. The van der Waals surface area contributed by atoms with Crippen molar-refractivity contribution in [2.75, 3.05) is 31.1 Å². The van der Waals surface area contributed by atoms with Crippen molar-refractivity contribution in [3.63, 3.8) is 0 Å². The van der Waals surface area contributed by atoms with Crippen molar-refractivity contribution in [1.82, 2.24) is 19.7 Å². The van der Waals surface area contributed by atoms with Crippen molar-refractivity contribution in [3.8, 4) is 0 Å². The number of aryl methyl sites for hydroxylation is 1. The molecule has 3 aromatic rings. The quantitative estimate of drug-likeness (QED) is 0.706. The third-order valence-electron chi connectivity index (χ3n) is 4.37. The van der Waals surface area contributed by atoms with Crippen LogP contribution in [-0.2, 0) is 11.3 Å². The molecule has 6 nitrogen and oxygen atoms in total. The minimum Gasteiger partial charge on any atom is -0.345 e. The van der Waals surface area contributed by atoms with Gasteiger partial charge in [0.15, 0.2) is 5.13 Å². The number of fused-ring (bicyclic) bond motifs is 1. The van der Waals surface area contributed by atoms with E-state index in [2.05, 4.69) is 16.1 Å². The van der Waals surface area contributed by atoms with Crippen LogP contribution >= 0.6 is 22.9 Å². The number of carbonyl (C=O) groups is 1. The van der Waals surface area contributed by atoms with Crippen molar-refractivity contribution < 1.29 is 4.79 Å². The normalized spacial score (nSPS) is 15.1. The molecule has 25 heavy (non-hydrogen) atoms. The molecule has 1 amide bonds. The van der Waals surface area contributed by atoms with E-state index in [-0.39, 0.29) is 12.5 Å². The molecule has 1 aromatic carbocycles. The fraction of sp³-hybridized carbons (Fsp3) is 0.353. The zero-order valence-corrected chi connectivity index (χ0v) is 15.4. The molecule has 8 heteroatoms. The number of aromatic nitrogens is 3. The Kier molecular flexibility index (Phi) is 4.35. The molecule has 3 heterocycles. The zero-order chi connectivity index (χ0) is 17.4. The molecule has 0 spiro atoms. The number of benzene rings is 1.